The first-order valence-corrected chi connectivity index (χ1v) is 6.43. The Labute approximate surface area is 102 Å². The lowest BCUT2D eigenvalue weighted by Gasteiger charge is -2.26. The Morgan fingerprint density at radius 1 is 1.53 bits per heavy atom. The molecule has 2 rings (SSSR count). The predicted octanol–water partition coefficient (Wildman–Crippen LogP) is -0.262. The van der Waals surface area contributed by atoms with Gasteiger partial charge in [-0.3, -0.25) is 4.79 Å². The van der Waals surface area contributed by atoms with Gasteiger partial charge in [-0.25, -0.2) is 0 Å². The van der Waals surface area contributed by atoms with E-state index in [-0.39, 0.29) is 11.9 Å². The summed E-state index contributed by atoms with van der Waals surface area (Å²) in [6, 6.07) is -0.224. The van der Waals surface area contributed by atoms with Crippen LogP contribution in [0.25, 0.3) is 0 Å². The number of carbonyl (C=O) groups is 1. The molecule has 1 amide bonds. The molecule has 0 aromatic heterocycles. The molecule has 2 aliphatic heterocycles. The van der Waals surface area contributed by atoms with Gasteiger partial charge >= 0.3 is 0 Å². The van der Waals surface area contributed by atoms with E-state index in [1.807, 2.05) is 11.8 Å². The van der Waals surface area contributed by atoms with Crippen LogP contribution in [0.1, 0.15) is 26.2 Å². The first kappa shape index (κ1) is 12.8. The molecule has 2 saturated heterocycles. The lowest BCUT2D eigenvalue weighted by molar-refractivity contribution is -0.132. The number of amides is 1. The SMILES string of the molecule is CC(NCC1(O)CCOC1)C(=O)N1CCCC1. The fourth-order valence-corrected chi connectivity index (χ4v) is 2.38. The van der Waals surface area contributed by atoms with Gasteiger partial charge in [-0.05, 0) is 19.8 Å². The number of hydrogen-bond acceptors (Lipinski definition) is 4. The minimum atomic E-state index is -0.792. The number of ether oxygens (including phenoxy) is 1. The summed E-state index contributed by atoms with van der Waals surface area (Å²) in [6.45, 7) is 5.00. The molecule has 0 bridgehead atoms. The molecule has 2 N–H and O–H groups in total. The van der Waals surface area contributed by atoms with Crippen LogP contribution in [-0.4, -0.2) is 60.4 Å². The van der Waals surface area contributed by atoms with Gasteiger partial charge in [0.05, 0.1) is 12.6 Å². The second-order valence-electron chi connectivity index (χ2n) is 5.16. The molecule has 0 radical (unpaired) electrons. The summed E-state index contributed by atoms with van der Waals surface area (Å²) in [5.41, 5.74) is -0.792. The maximum atomic E-state index is 12.0. The zero-order valence-electron chi connectivity index (χ0n) is 10.4. The molecule has 5 nitrogen and oxygen atoms in total. The first-order valence-electron chi connectivity index (χ1n) is 6.43. The number of carbonyl (C=O) groups excluding carboxylic acids is 1. The summed E-state index contributed by atoms with van der Waals surface area (Å²) in [4.78, 5) is 13.9. The Bertz CT molecular complexity index is 271. The first-order chi connectivity index (χ1) is 8.11. The lowest BCUT2D eigenvalue weighted by atomic mass is 10.0. The van der Waals surface area contributed by atoms with Crippen LogP contribution < -0.4 is 5.32 Å². The summed E-state index contributed by atoms with van der Waals surface area (Å²) < 4.78 is 5.17. The summed E-state index contributed by atoms with van der Waals surface area (Å²) in [5, 5.41) is 13.2. The summed E-state index contributed by atoms with van der Waals surface area (Å²) in [7, 11) is 0. The van der Waals surface area contributed by atoms with Crippen LogP contribution in [0.2, 0.25) is 0 Å². The number of nitrogens with one attached hydrogen (secondary N) is 1. The maximum Gasteiger partial charge on any atom is 0.239 e. The van der Waals surface area contributed by atoms with Crippen LogP contribution >= 0.6 is 0 Å². The average Bonchev–Trinajstić information content (AvgIpc) is 2.96. The average molecular weight is 242 g/mol. The van der Waals surface area contributed by atoms with E-state index in [9.17, 15) is 9.90 Å². The minimum Gasteiger partial charge on any atom is -0.386 e. The molecule has 2 heterocycles. The van der Waals surface area contributed by atoms with Crippen molar-refractivity contribution >= 4 is 5.91 Å². The van der Waals surface area contributed by atoms with Gasteiger partial charge in [-0.2, -0.15) is 0 Å². The van der Waals surface area contributed by atoms with E-state index in [2.05, 4.69) is 5.32 Å². The zero-order chi connectivity index (χ0) is 12.3. The molecule has 0 aliphatic carbocycles. The molecule has 17 heavy (non-hydrogen) atoms. The Morgan fingerprint density at radius 3 is 2.82 bits per heavy atom. The highest BCUT2D eigenvalue weighted by atomic mass is 16.5. The van der Waals surface area contributed by atoms with Crippen molar-refractivity contribution in [1.29, 1.82) is 0 Å². The summed E-state index contributed by atoms with van der Waals surface area (Å²) in [5.74, 6) is 0.144. The normalized spacial score (nSPS) is 30.8. The van der Waals surface area contributed by atoms with Crippen LogP contribution in [0.15, 0.2) is 0 Å². The second-order valence-corrected chi connectivity index (χ2v) is 5.16. The number of nitrogens with zero attached hydrogens (tertiary/aromatic N) is 1. The van der Waals surface area contributed by atoms with E-state index >= 15 is 0 Å². The molecule has 98 valence electrons. The second kappa shape index (κ2) is 5.33. The van der Waals surface area contributed by atoms with Gasteiger partial charge in [-0.15, -0.1) is 0 Å². The molecule has 5 heteroatoms. The van der Waals surface area contributed by atoms with Crippen molar-refractivity contribution in [2.45, 2.75) is 37.8 Å². The highest BCUT2D eigenvalue weighted by Gasteiger charge is 2.33. The topological polar surface area (TPSA) is 61.8 Å². The van der Waals surface area contributed by atoms with Gasteiger partial charge in [-0.1, -0.05) is 0 Å². The molecular weight excluding hydrogens is 220 g/mol. The van der Waals surface area contributed by atoms with Crippen molar-refractivity contribution in [2.24, 2.45) is 0 Å². The van der Waals surface area contributed by atoms with Crippen LogP contribution in [0.4, 0.5) is 0 Å². The van der Waals surface area contributed by atoms with Crippen molar-refractivity contribution < 1.29 is 14.6 Å². The van der Waals surface area contributed by atoms with Gasteiger partial charge in [0.1, 0.15) is 5.60 Å². The van der Waals surface area contributed by atoms with E-state index in [4.69, 9.17) is 4.74 Å². The third kappa shape index (κ3) is 3.18. The van der Waals surface area contributed by atoms with Crippen LogP contribution in [0.5, 0.6) is 0 Å². The molecule has 2 fully saturated rings. The lowest BCUT2D eigenvalue weighted by Crippen LogP contribution is -2.50. The number of hydrogen-bond donors (Lipinski definition) is 2. The minimum absolute atomic E-state index is 0.144. The maximum absolute atomic E-state index is 12.0. The van der Waals surface area contributed by atoms with Crippen LogP contribution in [0.3, 0.4) is 0 Å². The fourth-order valence-electron chi connectivity index (χ4n) is 2.38. The molecular formula is C12H22N2O3. The van der Waals surface area contributed by atoms with E-state index in [0.717, 1.165) is 25.9 Å². The monoisotopic (exact) mass is 242 g/mol. The van der Waals surface area contributed by atoms with E-state index in [1.54, 1.807) is 0 Å². The third-order valence-electron chi connectivity index (χ3n) is 3.61. The van der Waals surface area contributed by atoms with Crippen molar-refractivity contribution in [3.8, 4) is 0 Å². The molecule has 0 aromatic carbocycles. The molecule has 2 aliphatic rings. The molecule has 0 aromatic rings. The van der Waals surface area contributed by atoms with Crippen LogP contribution in [-0.2, 0) is 9.53 Å². The molecule has 2 unspecified atom stereocenters. The quantitative estimate of drug-likeness (QED) is 0.713. The van der Waals surface area contributed by atoms with Gasteiger partial charge in [0.25, 0.3) is 0 Å². The van der Waals surface area contributed by atoms with Gasteiger partial charge < -0.3 is 20.1 Å². The standard InChI is InChI=1S/C12H22N2O3/c1-10(11(15)14-5-2-3-6-14)13-8-12(16)4-7-17-9-12/h10,13,16H,2-9H2,1H3. The Kier molecular flexibility index (Phi) is 4.01. The summed E-state index contributed by atoms with van der Waals surface area (Å²) in [6.07, 6.45) is 2.86. The Hall–Kier alpha value is -0.650. The Balaban J connectivity index is 1.76. The third-order valence-corrected chi connectivity index (χ3v) is 3.61. The van der Waals surface area contributed by atoms with Crippen molar-refractivity contribution in [2.75, 3.05) is 32.8 Å². The highest BCUT2D eigenvalue weighted by molar-refractivity contribution is 5.81. The predicted molar refractivity (Wildman–Crippen MR) is 63.7 cm³/mol. The Morgan fingerprint density at radius 2 is 2.24 bits per heavy atom. The summed E-state index contributed by atoms with van der Waals surface area (Å²) >= 11 is 0. The van der Waals surface area contributed by atoms with E-state index in [1.165, 1.54) is 0 Å². The fraction of sp³-hybridized carbons (Fsp3) is 0.917. The molecule has 2 atom stereocenters. The van der Waals surface area contributed by atoms with Gasteiger partial charge in [0, 0.05) is 32.7 Å². The largest absolute Gasteiger partial charge is 0.386 e. The van der Waals surface area contributed by atoms with E-state index < -0.39 is 5.60 Å². The number of rotatable bonds is 4. The zero-order valence-corrected chi connectivity index (χ0v) is 10.4. The molecule has 0 saturated carbocycles. The molecule has 0 spiro atoms. The number of aliphatic hydroxyl groups is 1. The van der Waals surface area contributed by atoms with Crippen LogP contribution in [0, 0.1) is 0 Å². The smallest absolute Gasteiger partial charge is 0.239 e. The number of likely N-dealkylation sites (tertiary alicyclic amines) is 1. The van der Waals surface area contributed by atoms with Crippen molar-refractivity contribution in [1.82, 2.24) is 10.2 Å². The van der Waals surface area contributed by atoms with Gasteiger partial charge in [0.15, 0.2) is 0 Å². The van der Waals surface area contributed by atoms with Crippen molar-refractivity contribution in [3.63, 3.8) is 0 Å². The highest BCUT2D eigenvalue weighted by Crippen LogP contribution is 2.17. The van der Waals surface area contributed by atoms with Crippen molar-refractivity contribution in [3.05, 3.63) is 0 Å². The van der Waals surface area contributed by atoms with E-state index in [0.29, 0.717) is 26.2 Å². The van der Waals surface area contributed by atoms with Gasteiger partial charge in [0.2, 0.25) is 5.91 Å².